The molecule has 2 aromatic rings. The standard InChI is InChI=1S/C15H14ClNO2/c1-10(13-4-2-3-5-14(13)16)17-15(19)11-6-8-12(18)9-7-11/h2-10,18H,1H3,(H,17,19). The van der Waals surface area contributed by atoms with Gasteiger partial charge in [-0.15, -0.1) is 0 Å². The number of aromatic hydroxyl groups is 1. The minimum atomic E-state index is -0.201. The molecule has 1 atom stereocenters. The van der Waals surface area contributed by atoms with Crippen molar-refractivity contribution in [2.75, 3.05) is 0 Å². The van der Waals surface area contributed by atoms with Crippen LogP contribution < -0.4 is 5.32 Å². The van der Waals surface area contributed by atoms with Crippen molar-refractivity contribution in [2.24, 2.45) is 0 Å². The first-order valence-electron chi connectivity index (χ1n) is 5.92. The van der Waals surface area contributed by atoms with Crippen LogP contribution in [0.3, 0.4) is 0 Å². The summed E-state index contributed by atoms with van der Waals surface area (Å²) in [5.41, 5.74) is 1.37. The highest BCUT2D eigenvalue weighted by Gasteiger charge is 2.13. The third kappa shape index (κ3) is 3.26. The lowest BCUT2D eigenvalue weighted by Gasteiger charge is -2.15. The summed E-state index contributed by atoms with van der Waals surface area (Å²) in [6.07, 6.45) is 0. The van der Waals surface area contributed by atoms with E-state index in [-0.39, 0.29) is 17.7 Å². The molecule has 4 heteroatoms. The van der Waals surface area contributed by atoms with E-state index >= 15 is 0 Å². The van der Waals surface area contributed by atoms with E-state index in [1.807, 2.05) is 25.1 Å². The molecule has 19 heavy (non-hydrogen) atoms. The van der Waals surface area contributed by atoms with Gasteiger partial charge in [-0.1, -0.05) is 29.8 Å². The van der Waals surface area contributed by atoms with Crippen molar-refractivity contribution in [3.63, 3.8) is 0 Å². The van der Waals surface area contributed by atoms with Gasteiger partial charge in [0.2, 0.25) is 0 Å². The summed E-state index contributed by atoms with van der Waals surface area (Å²) < 4.78 is 0. The number of benzene rings is 2. The Balaban J connectivity index is 2.11. The van der Waals surface area contributed by atoms with Crippen LogP contribution in [0.25, 0.3) is 0 Å². The molecule has 2 rings (SSSR count). The highest BCUT2D eigenvalue weighted by molar-refractivity contribution is 6.31. The Morgan fingerprint density at radius 1 is 1.16 bits per heavy atom. The Morgan fingerprint density at radius 2 is 1.79 bits per heavy atom. The summed E-state index contributed by atoms with van der Waals surface area (Å²) in [6.45, 7) is 1.87. The number of carbonyl (C=O) groups is 1. The maximum absolute atomic E-state index is 12.0. The molecule has 0 aromatic heterocycles. The Labute approximate surface area is 116 Å². The normalized spacial score (nSPS) is 11.9. The quantitative estimate of drug-likeness (QED) is 0.900. The van der Waals surface area contributed by atoms with E-state index in [4.69, 9.17) is 11.6 Å². The van der Waals surface area contributed by atoms with Gasteiger partial charge in [0.1, 0.15) is 5.75 Å². The van der Waals surface area contributed by atoms with Crippen molar-refractivity contribution in [2.45, 2.75) is 13.0 Å². The van der Waals surface area contributed by atoms with Gasteiger partial charge in [-0.05, 0) is 42.8 Å². The molecule has 0 fully saturated rings. The molecule has 0 aliphatic heterocycles. The SMILES string of the molecule is CC(NC(=O)c1ccc(O)cc1)c1ccccc1Cl. The van der Waals surface area contributed by atoms with Crippen LogP contribution in [0, 0.1) is 0 Å². The van der Waals surface area contributed by atoms with Crippen LogP contribution in [0.1, 0.15) is 28.9 Å². The van der Waals surface area contributed by atoms with Gasteiger partial charge in [0, 0.05) is 10.6 Å². The molecule has 0 saturated heterocycles. The summed E-state index contributed by atoms with van der Waals surface area (Å²) >= 11 is 6.08. The smallest absolute Gasteiger partial charge is 0.251 e. The Hall–Kier alpha value is -2.00. The van der Waals surface area contributed by atoms with Gasteiger partial charge in [0.25, 0.3) is 5.91 Å². The Kier molecular flexibility index (Phi) is 4.07. The van der Waals surface area contributed by atoms with E-state index in [0.717, 1.165) is 5.56 Å². The molecule has 0 spiro atoms. The van der Waals surface area contributed by atoms with Gasteiger partial charge in [0.15, 0.2) is 0 Å². The topological polar surface area (TPSA) is 49.3 Å². The zero-order chi connectivity index (χ0) is 13.8. The van der Waals surface area contributed by atoms with E-state index < -0.39 is 0 Å². The van der Waals surface area contributed by atoms with Crippen molar-refractivity contribution in [3.05, 3.63) is 64.7 Å². The number of amides is 1. The van der Waals surface area contributed by atoms with Crippen molar-refractivity contribution in [3.8, 4) is 5.75 Å². The van der Waals surface area contributed by atoms with Gasteiger partial charge < -0.3 is 10.4 Å². The lowest BCUT2D eigenvalue weighted by atomic mass is 10.1. The largest absolute Gasteiger partial charge is 0.508 e. The van der Waals surface area contributed by atoms with Gasteiger partial charge in [0.05, 0.1) is 6.04 Å². The zero-order valence-electron chi connectivity index (χ0n) is 10.4. The summed E-state index contributed by atoms with van der Waals surface area (Å²) in [5.74, 6) is -0.0666. The van der Waals surface area contributed by atoms with Gasteiger partial charge in [-0.3, -0.25) is 4.79 Å². The summed E-state index contributed by atoms with van der Waals surface area (Å²) in [4.78, 5) is 12.0. The van der Waals surface area contributed by atoms with Crippen LogP contribution >= 0.6 is 11.6 Å². The highest BCUT2D eigenvalue weighted by atomic mass is 35.5. The minimum absolute atomic E-state index is 0.135. The van der Waals surface area contributed by atoms with Crippen LogP contribution in [0.4, 0.5) is 0 Å². The number of halogens is 1. The molecule has 2 N–H and O–H groups in total. The summed E-state index contributed by atoms with van der Waals surface area (Å²) in [5, 5.41) is 12.7. The van der Waals surface area contributed by atoms with E-state index in [1.165, 1.54) is 12.1 Å². The fourth-order valence-electron chi connectivity index (χ4n) is 1.80. The predicted octanol–water partition coefficient (Wildman–Crippen LogP) is 3.54. The number of rotatable bonds is 3. The molecule has 0 saturated carbocycles. The molecule has 0 radical (unpaired) electrons. The molecule has 1 unspecified atom stereocenters. The number of hydrogen-bond acceptors (Lipinski definition) is 2. The molecule has 1 amide bonds. The van der Waals surface area contributed by atoms with E-state index in [1.54, 1.807) is 18.2 Å². The first-order valence-corrected chi connectivity index (χ1v) is 6.30. The number of phenolic OH excluding ortho intramolecular Hbond substituents is 1. The van der Waals surface area contributed by atoms with Crippen LogP contribution in [-0.4, -0.2) is 11.0 Å². The maximum Gasteiger partial charge on any atom is 0.251 e. The molecule has 0 bridgehead atoms. The predicted molar refractivity (Wildman–Crippen MR) is 75.4 cm³/mol. The molecule has 98 valence electrons. The third-order valence-electron chi connectivity index (χ3n) is 2.85. The van der Waals surface area contributed by atoms with Crippen LogP contribution in [0.5, 0.6) is 5.75 Å². The average molecular weight is 276 g/mol. The minimum Gasteiger partial charge on any atom is -0.508 e. The average Bonchev–Trinajstić information content (AvgIpc) is 2.39. The number of hydrogen-bond donors (Lipinski definition) is 2. The first kappa shape index (κ1) is 13.4. The van der Waals surface area contributed by atoms with Crippen molar-refractivity contribution in [1.82, 2.24) is 5.32 Å². The molecule has 0 aliphatic carbocycles. The van der Waals surface area contributed by atoms with Gasteiger partial charge in [-0.25, -0.2) is 0 Å². The Bertz CT molecular complexity index is 581. The second kappa shape index (κ2) is 5.76. The second-order valence-electron chi connectivity index (χ2n) is 4.26. The number of phenols is 1. The molecule has 0 heterocycles. The summed E-state index contributed by atoms with van der Waals surface area (Å²) in [7, 11) is 0. The fraction of sp³-hybridized carbons (Fsp3) is 0.133. The van der Waals surface area contributed by atoms with Crippen molar-refractivity contribution < 1.29 is 9.90 Å². The first-order chi connectivity index (χ1) is 9.08. The van der Waals surface area contributed by atoms with Crippen molar-refractivity contribution in [1.29, 1.82) is 0 Å². The van der Waals surface area contributed by atoms with Crippen LogP contribution in [0.2, 0.25) is 5.02 Å². The maximum atomic E-state index is 12.0. The molecular weight excluding hydrogens is 262 g/mol. The lowest BCUT2D eigenvalue weighted by Crippen LogP contribution is -2.26. The molecule has 3 nitrogen and oxygen atoms in total. The molecule has 2 aromatic carbocycles. The summed E-state index contributed by atoms with van der Waals surface area (Å²) in [6, 6.07) is 13.3. The molecule has 0 aliphatic rings. The fourth-order valence-corrected chi connectivity index (χ4v) is 2.10. The highest BCUT2D eigenvalue weighted by Crippen LogP contribution is 2.22. The van der Waals surface area contributed by atoms with E-state index in [9.17, 15) is 9.90 Å². The third-order valence-corrected chi connectivity index (χ3v) is 3.19. The lowest BCUT2D eigenvalue weighted by molar-refractivity contribution is 0.0940. The molecular formula is C15H14ClNO2. The van der Waals surface area contributed by atoms with E-state index in [0.29, 0.717) is 10.6 Å². The zero-order valence-corrected chi connectivity index (χ0v) is 11.2. The Morgan fingerprint density at radius 3 is 2.42 bits per heavy atom. The van der Waals surface area contributed by atoms with Crippen LogP contribution in [0.15, 0.2) is 48.5 Å². The second-order valence-corrected chi connectivity index (χ2v) is 4.67. The van der Waals surface area contributed by atoms with Gasteiger partial charge >= 0.3 is 0 Å². The van der Waals surface area contributed by atoms with Gasteiger partial charge in [-0.2, -0.15) is 0 Å². The number of nitrogens with one attached hydrogen (secondary N) is 1. The van der Waals surface area contributed by atoms with Crippen molar-refractivity contribution >= 4 is 17.5 Å². The monoisotopic (exact) mass is 275 g/mol. The van der Waals surface area contributed by atoms with E-state index in [2.05, 4.69) is 5.32 Å². The van der Waals surface area contributed by atoms with Crippen LogP contribution in [-0.2, 0) is 0 Å². The number of carbonyl (C=O) groups excluding carboxylic acids is 1.